The molecule has 1 amide bonds. The standard InChI is InChI=1S/C13H18BrNOS/c1-13(2,10-14)15(3)12(16)9-17-11-7-5-4-6-8-11/h4-8H,9-10H2,1-3H3. The first-order chi connectivity index (χ1) is 7.97. The Labute approximate surface area is 116 Å². The van der Waals surface area contributed by atoms with Gasteiger partial charge in [0.2, 0.25) is 5.91 Å². The zero-order valence-electron chi connectivity index (χ0n) is 10.4. The van der Waals surface area contributed by atoms with Gasteiger partial charge in [-0.3, -0.25) is 4.79 Å². The molecule has 1 aromatic carbocycles. The second-order valence-corrected chi connectivity index (χ2v) is 6.11. The van der Waals surface area contributed by atoms with Crippen molar-refractivity contribution in [3.63, 3.8) is 0 Å². The smallest absolute Gasteiger partial charge is 0.233 e. The van der Waals surface area contributed by atoms with E-state index < -0.39 is 0 Å². The Hall–Kier alpha value is -0.480. The molecule has 0 aliphatic rings. The Kier molecular flexibility index (Phi) is 5.53. The van der Waals surface area contributed by atoms with Crippen LogP contribution >= 0.6 is 27.7 Å². The third-order valence-corrected chi connectivity index (χ3v) is 5.08. The van der Waals surface area contributed by atoms with Crippen molar-refractivity contribution in [2.45, 2.75) is 24.3 Å². The molecule has 4 heteroatoms. The largest absolute Gasteiger partial charge is 0.339 e. The summed E-state index contributed by atoms with van der Waals surface area (Å²) in [7, 11) is 1.86. The van der Waals surface area contributed by atoms with Gasteiger partial charge in [0.25, 0.3) is 0 Å². The summed E-state index contributed by atoms with van der Waals surface area (Å²) in [4.78, 5) is 14.9. The molecule has 0 aromatic heterocycles. The van der Waals surface area contributed by atoms with E-state index in [1.165, 1.54) is 0 Å². The summed E-state index contributed by atoms with van der Waals surface area (Å²) in [6.45, 7) is 4.10. The van der Waals surface area contributed by atoms with Crippen molar-refractivity contribution in [3.05, 3.63) is 30.3 Å². The molecule has 0 radical (unpaired) electrons. The first-order valence-corrected chi connectivity index (χ1v) is 7.58. The molecule has 1 aromatic rings. The minimum absolute atomic E-state index is 0.145. The van der Waals surface area contributed by atoms with Gasteiger partial charge in [0.15, 0.2) is 0 Å². The molecule has 0 saturated heterocycles. The average molecular weight is 316 g/mol. The number of amides is 1. The van der Waals surface area contributed by atoms with E-state index in [1.807, 2.05) is 51.2 Å². The van der Waals surface area contributed by atoms with Crippen LogP contribution < -0.4 is 0 Å². The Morgan fingerprint density at radius 3 is 2.47 bits per heavy atom. The van der Waals surface area contributed by atoms with Crippen LogP contribution in [-0.4, -0.2) is 34.5 Å². The topological polar surface area (TPSA) is 20.3 Å². The molecule has 0 bridgehead atoms. The van der Waals surface area contributed by atoms with Gasteiger partial charge in [-0.1, -0.05) is 34.1 Å². The van der Waals surface area contributed by atoms with Crippen molar-refractivity contribution in [2.24, 2.45) is 0 Å². The molecule has 0 fully saturated rings. The predicted octanol–water partition coefficient (Wildman–Crippen LogP) is 3.41. The lowest BCUT2D eigenvalue weighted by atomic mass is 10.1. The first-order valence-electron chi connectivity index (χ1n) is 5.48. The highest BCUT2D eigenvalue weighted by Crippen LogP contribution is 2.20. The molecule has 0 N–H and O–H groups in total. The molecule has 0 spiro atoms. The van der Waals surface area contributed by atoms with Crippen molar-refractivity contribution >= 4 is 33.6 Å². The van der Waals surface area contributed by atoms with Crippen LogP contribution in [0.2, 0.25) is 0 Å². The molecule has 0 aliphatic heterocycles. The lowest BCUT2D eigenvalue weighted by Gasteiger charge is -2.34. The van der Waals surface area contributed by atoms with Gasteiger partial charge in [0.05, 0.1) is 5.75 Å². The van der Waals surface area contributed by atoms with E-state index in [9.17, 15) is 4.79 Å². The number of hydrogen-bond acceptors (Lipinski definition) is 2. The highest BCUT2D eigenvalue weighted by Gasteiger charge is 2.25. The number of hydrogen-bond donors (Lipinski definition) is 0. The maximum absolute atomic E-state index is 12.0. The molecule has 0 saturated carbocycles. The third-order valence-electron chi connectivity index (χ3n) is 2.71. The van der Waals surface area contributed by atoms with Gasteiger partial charge < -0.3 is 4.90 Å². The minimum Gasteiger partial charge on any atom is -0.339 e. The van der Waals surface area contributed by atoms with Crippen LogP contribution in [-0.2, 0) is 4.79 Å². The number of carbonyl (C=O) groups is 1. The lowest BCUT2D eigenvalue weighted by Crippen LogP contribution is -2.47. The van der Waals surface area contributed by atoms with Gasteiger partial charge in [-0.2, -0.15) is 0 Å². The lowest BCUT2D eigenvalue weighted by molar-refractivity contribution is -0.130. The van der Waals surface area contributed by atoms with Gasteiger partial charge in [-0.15, -0.1) is 11.8 Å². The van der Waals surface area contributed by atoms with Gasteiger partial charge in [0, 0.05) is 22.8 Å². The molecule has 17 heavy (non-hydrogen) atoms. The summed E-state index contributed by atoms with van der Waals surface area (Å²) in [5.74, 6) is 0.639. The van der Waals surface area contributed by atoms with E-state index in [4.69, 9.17) is 0 Å². The highest BCUT2D eigenvalue weighted by molar-refractivity contribution is 9.09. The second-order valence-electron chi connectivity index (χ2n) is 4.50. The number of benzene rings is 1. The van der Waals surface area contributed by atoms with Gasteiger partial charge >= 0.3 is 0 Å². The zero-order chi connectivity index (χ0) is 12.9. The molecular formula is C13H18BrNOS. The molecule has 0 aliphatic carbocycles. The number of carbonyl (C=O) groups excluding carboxylic acids is 1. The number of rotatable bonds is 5. The molecule has 94 valence electrons. The number of nitrogens with zero attached hydrogens (tertiary/aromatic N) is 1. The summed E-state index contributed by atoms with van der Waals surface area (Å²) < 4.78 is 0. The SMILES string of the molecule is CN(C(=O)CSc1ccccc1)C(C)(C)CBr. The van der Waals surface area contributed by atoms with E-state index in [-0.39, 0.29) is 11.4 Å². The van der Waals surface area contributed by atoms with Crippen molar-refractivity contribution in [2.75, 3.05) is 18.1 Å². The van der Waals surface area contributed by atoms with Crippen LogP contribution in [0.1, 0.15) is 13.8 Å². The number of halogens is 1. The van der Waals surface area contributed by atoms with Crippen LogP contribution in [0.15, 0.2) is 35.2 Å². The second kappa shape index (κ2) is 6.45. The number of thioether (sulfide) groups is 1. The Balaban J connectivity index is 2.51. The zero-order valence-corrected chi connectivity index (χ0v) is 12.8. The monoisotopic (exact) mass is 315 g/mol. The molecular weight excluding hydrogens is 298 g/mol. The highest BCUT2D eigenvalue weighted by atomic mass is 79.9. The molecule has 2 nitrogen and oxygen atoms in total. The van der Waals surface area contributed by atoms with Crippen molar-refractivity contribution < 1.29 is 4.79 Å². The van der Waals surface area contributed by atoms with E-state index in [1.54, 1.807) is 16.7 Å². The molecule has 0 unspecified atom stereocenters. The fourth-order valence-corrected chi connectivity index (χ4v) is 2.40. The summed E-state index contributed by atoms with van der Waals surface area (Å²) in [5.41, 5.74) is -0.145. The summed E-state index contributed by atoms with van der Waals surface area (Å²) in [6.07, 6.45) is 0. The van der Waals surface area contributed by atoms with E-state index >= 15 is 0 Å². The number of alkyl halides is 1. The molecule has 0 atom stereocenters. The predicted molar refractivity (Wildman–Crippen MR) is 77.8 cm³/mol. The van der Waals surface area contributed by atoms with Crippen LogP contribution in [0.5, 0.6) is 0 Å². The summed E-state index contributed by atoms with van der Waals surface area (Å²) in [5, 5.41) is 0.776. The van der Waals surface area contributed by atoms with Crippen LogP contribution in [0.3, 0.4) is 0 Å². The first kappa shape index (κ1) is 14.6. The average Bonchev–Trinajstić information content (AvgIpc) is 2.36. The quantitative estimate of drug-likeness (QED) is 0.613. The Morgan fingerprint density at radius 2 is 1.94 bits per heavy atom. The van der Waals surface area contributed by atoms with E-state index in [0.717, 1.165) is 10.2 Å². The maximum Gasteiger partial charge on any atom is 0.233 e. The summed E-state index contributed by atoms with van der Waals surface area (Å²) >= 11 is 5.01. The minimum atomic E-state index is -0.145. The Bertz CT molecular complexity index is 367. The Morgan fingerprint density at radius 1 is 1.35 bits per heavy atom. The third kappa shape index (κ3) is 4.36. The fraction of sp³-hybridized carbons (Fsp3) is 0.462. The normalized spacial score (nSPS) is 11.3. The van der Waals surface area contributed by atoms with Crippen LogP contribution in [0.25, 0.3) is 0 Å². The summed E-state index contributed by atoms with van der Waals surface area (Å²) in [6, 6.07) is 9.99. The van der Waals surface area contributed by atoms with E-state index in [2.05, 4.69) is 15.9 Å². The van der Waals surface area contributed by atoms with Gasteiger partial charge in [-0.05, 0) is 26.0 Å². The van der Waals surface area contributed by atoms with E-state index in [0.29, 0.717) is 5.75 Å². The van der Waals surface area contributed by atoms with Crippen molar-refractivity contribution in [3.8, 4) is 0 Å². The molecule has 0 heterocycles. The molecule has 1 rings (SSSR count). The fourth-order valence-electron chi connectivity index (χ4n) is 1.19. The van der Waals surface area contributed by atoms with Gasteiger partial charge in [-0.25, -0.2) is 0 Å². The van der Waals surface area contributed by atoms with Crippen LogP contribution in [0, 0.1) is 0 Å². The van der Waals surface area contributed by atoms with Crippen molar-refractivity contribution in [1.82, 2.24) is 4.90 Å². The maximum atomic E-state index is 12.0. The van der Waals surface area contributed by atoms with Crippen molar-refractivity contribution in [1.29, 1.82) is 0 Å². The van der Waals surface area contributed by atoms with Gasteiger partial charge in [0.1, 0.15) is 0 Å². The van der Waals surface area contributed by atoms with Crippen LogP contribution in [0.4, 0.5) is 0 Å².